The molecule has 0 bridgehead atoms. The standard InChI is InChI=1S/C17H33NO/c1-16(2,3)14-7-5-6-8-15(14)18-13-17(9-10-17)11-12-19-4/h14-15,18H,5-13H2,1-4H3. The third kappa shape index (κ3) is 4.19. The quantitative estimate of drug-likeness (QED) is 0.785. The van der Waals surface area contributed by atoms with Crippen molar-refractivity contribution in [3.05, 3.63) is 0 Å². The van der Waals surface area contributed by atoms with Gasteiger partial charge in [-0.2, -0.15) is 0 Å². The van der Waals surface area contributed by atoms with Crippen LogP contribution in [0.3, 0.4) is 0 Å². The van der Waals surface area contributed by atoms with Crippen LogP contribution in [0.1, 0.15) is 65.7 Å². The van der Waals surface area contributed by atoms with E-state index in [0.29, 0.717) is 10.8 Å². The largest absolute Gasteiger partial charge is 0.385 e. The Morgan fingerprint density at radius 3 is 2.42 bits per heavy atom. The number of rotatable bonds is 6. The molecule has 2 atom stereocenters. The molecular weight excluding hydrogens is 234 g/mol. The molecule has 2 heteroatoms. The van der Waals surface area contributed by atoms with E-state index in [1.807, 2.05) is 7.11 Å². The summed E-state index contributed by atoms with van der Waals surface area (Å²) in [6, 6.07) is 0.744. The molecule has 0 heterocycles. The lowest BCUT2D eigenvalue weighted by atomic mass is 9.69. The first kappa shape index (κ1) is 15.3. The van der Waals surface area contributed by atoms with Gasteiger partial charge in [0.1, 0.15) is 0 Å². The molecule has 19 heavy (non-hydrogen) atoms. The van der Waals surface area contributed by atoms with Crippen LogP contribution in [-0.2, 0) is 4.74 Å². The Morgan fingerprint density at radius 2 is 1.84 bits per heavy atom. The van der Waals surface area contributed by atoms with Crippen LogP contribution in [0.4, 0.5) is 0 Å². The van der Waals surface area contributed by atoms with Crippen LogP contribution < -0.4 is 5.32 Å². The summed E-state index contributed by atoms with van der Waals surface area (Å²) in [6.45, 7) is 9.38. The second kappa shape index (κ2) is 6.13. The Bertz CT molecular complexity index is 277. The monoisotopic (exact) mass is 267 g/mol. The molecule has 1 N–H and O–H groups in total. The number of hydrogen-bond donors (Lipinski definition) is 1. The lowest BCUT2D eigenvalue weighted by Gasteiger charge is -2.41. The Hall–Kier alpha value is -0.0800. The third-order valence-electron chi connectivity index (χ3n) is 5.41. The number of hydrogen-bond acceptors (Lipinski definition) is 2. The lowest BCUT2D eigenvalue weighted by molar-refractivity contribution is 0.121. The van der Waals surface area contributed by atoms with Gasteiger partial charge in [0.2, 0.25) is 0 Å². The Balaban J connectivity index is 1.83. The highest BCUT2D eigenvalue weighted by molar-refractivity contribution is 4.97. The molecule has 0 spiro atoms. The molecular formula is C17H33NO. The van der Waals surface area contributed by atoms with Crippen molar-refractivity contribution in [2.24, 2.45) is 16.7 Å². The predicted octanol–water partition coefficient (Wildman–Crippen LogP) is 4.00. The third-order valence-corrected chi connectivity index (χ3v) is 5.41. The zero-order valence-electron chi connectivity index (χ0n) is 13.4. The molecule has 0 saturated heterocycles. The molecule has 2 aliphatic carbocycles. The fourth-order valence-electron chi connectivity index (χ4n) is 3.77. The maximum Gasteiger partial charge on any atom is 0.0468 e. The zero-order chi connectivity index (χ0) is 13.9. The Morgan fingerprint density at radius 1 is 1.16 bits per heavy atom. The normalized spacial score (nSPS) is 30.3. The smallest absolute Gasteiger partial charge is 0.0468 e. The van der Waals surface area contributed by atoms with Gasteiger partial charge in [0.05, 0.1) is 0 Å². The minimum absolute atomic E-state index is 0.446. The summed E-state index contributed by atoms with van der Waals surface area (Å²) < 4.78 is 5.26. The van der Waals surface area contributed by atoms with Gasteiger partial charge in [0, 0.05) is 26.3 Å². The second-order valence-corrected chi connectivity index (χ2v) is 7.99. The van der Waals surface area contributed by atoms with Crippen molar-refractivity contribution in [2.75, 3.05) is 20.3 Å². The van der Waals surface area contributed by atoms with Gasteiger partial charge in [-0.3, -0.25) is 0 Å². The van der Waals surface area contributed by atoms with Crippen molar-refractivity contribution in [2.45, 2.75) is 71.8 Å². The Kier molecular flexibility index (Phi) is 4.94. The highest BCUT2D eigenvalue weighted by Gasteiger charge is 2.43. The van der Waals surface area contributed by atoms with Crippen LogP contribution in [0, 0.1) is 16.7 Å². The molecule has 2 saturated carbocycles. The topological polar surface area (TPSA) is 21.3 Å². The molecule has 0 amide bonds. The highest BCUT2D eigenvalue weighted by Crippen LogP contribution is 2.48. The molecule has 2 fully saturated rings. The van der Waals surface area contributed by atoms with E-state index in [0.717, 1.165) is 18.6 Å². The SMILES string of the molecule is COCCC1(CNC2CCCCC2C(C)(C)C)CC1. The summed E-state index contributed by atoms with van der Waals surface area (Å²) in [5.74, 6) is 0.847. The Labute approximate surface area is 119 Å². The average Bonchev–Trinajstić information content (AvgIpc) is 3.14. The van der Waals surface area contributed by atoms with Crippen molar-refractivity contribution in [1.82, 2.24) is 5.32 Å². The maximum absolute atomic E-state index is 5.26. The summed E-state index contributed by atoms with van der Waals surface area (Å²) in [6.07, 6.45) is 9.66. The summed E-state index contributed by atoms with van der Waals surface area (Å²) >= 11 is 0. The molecule has 0 aliphatic heterocycles. The fraction of sp³-hybridized carbons (Fsp3) is 1.00. The van der Waals surface area contributed by atoms with E-state index in [1.54, 1.807) is 0 Å². The summed E-state index contributed by atoms with van der Waals surface area (Å²) in [5, 5.41) is 3.93. The van der Waals surface area contributed by atoms with E-state index in [1.165, 1.54) is 51.5 Å². The molecule has 2 aliphatic rings. The number of methoxy groups -OCH3 is 1. The van der Waals surface area contributed by atoms with E-state index >= 15 is 0 Å². The van der Waals surface area contributed by atoms with Gasteiger partial charge in [0.25, 0.3) is 0 Å². The fourth-order valence-corrected chi connectivity index (χ4v) is 3.77. The molecule has 2 unspecified atom stereocenters. The van der Waals surface area contributed by atoms with Crippen LogP contribution in [0.2, 0.25) is 0 Å². The van der Waals surface area contributed by atoms with E-state index in [-0.39, 0.29) is 0 Å². The second-order valence-electron chi connectivity index (χ2n) is 7.99. The molecule has 0 aromatic rings. The van der Waals surface area contributed by atoms with Crippen LogP contribution in [0.25, 0.3) is 0 Å². The van der Waals surface area contributed by atoms with Crippen LogP contribution in [0.15, 0.2) is 0 Å². The van der Waals surface area contributed by atoms with Crippen molar-refractivity contribution < 1.29 is 4.74 Å². The summed E-state index contributed by atoms with van der Waals surface area (Å²) in [4.78, 5) is 0. The summed E-state index contributed by atoms with van der Waals surface area (Å²) in [5.41, 5.74) is 1.03. The lowest BCUT2D eigenvalue weighted by Crippen LogP contribution is -2.46. The molecule has 2 nitrogen and oxygen atoms in total. The minimum atomic E-state index is 0.446. The summed E-state index contributed by atoms with van der Waals surface area (Å²) in [7, 11) is 1.82. The van der Waals surface area contributed by atoms with Crippen LogP contribution in [-0.4, -0.2) is 26.3 Å². The molecule has 0 radical (unpaired) electrons. The van der Waals surface area contributed by atoms with Gasteiger partial charge in [-0.1, -0.05) is 33.6 Å². The molecule has 0 aromatic heterocycles. The van der Waals surface area contributed by atoms with Gasteiger partial charge in [-0.25, -0.2) is 0 Å². The number of nitrogens with one attached hydrogen (secondary N) is 1. The van der Waals surface area contributed by atoms with Crippen molar-refractivity contribution in [3.8, 4) is 0 Å². The molecule has 0 aromatic carbocycles. The number of ether oxygens (including phenoxy) is 1. The average molecular weight is 267 g/mol. The van der Waals surface area contributed by atoms with Crippen LogP contribution >= 0.6 is 0 Å². The zero-order valence-corrected chi connectivity index (χ0v) is 13.4. The van der Waals surface area contributed by atoms with Gasteiger partial charge in [-0.05, 0) is 48.9 Å². The first-order chi connectivity index (χ1) is 8.97. The van der Waals surface area contributed by atoms with Gasteiger partial charge in [-0.15, -0.1) is 0 Å². The van der Waals surface area contributed by atoms with E-state index in [4.69, 9.17) is 4.74 Å². The van der Waals surface area contributed by atoms with Gasteiger partial charge >= 0.3 is 0 Å². The van der Waals surface area contributed by atoms with Gasteiger partial charge < -0.3 is 10.1 Å². The van der Waals surface area contributed by atoms with Crippen molar-refractivity contribution in [1.29, 1.82) is 0 Å². The molecule has 2 rings (SSSR count). The van der Waals surface area contributed by atoms with E-state index in [9.17, 15) is 0 Å². The van der Waals surface area contributed by atoms with E-state index < -0.39 is 0 Å². The van der Waals surface area contributed by atoms with Crippen LogP contribution in [0.5, 0.6) is 0 Å². The van der Waals surface area contributed by atoms with Crippen molar-refractivity contribution >= 4 is 0 Å². The first-order valence-corrected chi connectivity index (χ1v) is 8.19. The highest BCUT2D eigenvalue weighted by atomic mass is 16.5. The molecule has 112 valence electrons. The van der Waals surface area contributed by atoms with E-state index in [2.05, 4.69) is 26.1 Å². The minimum Gasteiger partial charge on any atom is -0.385 e. The van der Waals surface area contributed by atoms with Crippen molar-refractivity contribution in [3.63, 3.8) is 0 Å². The van der Waals surface area contributed by atoms with Gasteiger partial charge in [0.15, 0.2) is 0 Å². The maximum atomic E-state index is 5.26. The predicted molar refractivity (Wildman–Crippen MR) is 81.4 cm³/mol. The first-order valence-electron chi connectivity index (χ1n) is 8.19.